The third-order valence-corrected chi connectivity index (χ3v) is 4.39. The quantitative estimate of drug-likeness (QED) is 0.730. The maximum atomic E-state index is 14.0. The maximum absolute atomic E-state index is 14.0. The van der Waals surface area contributed by atoms with Crippen molar-refractivity contribution in [2.24, 2.45) is 0 Å². The first-order chi connectivity index (χ1) is 9.81. The van der Waals surface area contributed by atoms with E-state index in [4.69, 9.17) is 5.11 Å². The monoisotopic (exact) mass is 377 g/mol. The van der Waals surface area contributed by atoms with E-state index in [0.29, 0.717) is 5.69 Å². The van der Waals surface area contributed by atoms with Crippen LogP contribution in [0.1, 0.15) is 16.1 Å². The van der Waals surface area contributed by atoms with Crippen LogP contribution in [0.25, 0.3) is 0 Å². The number of hydrogen-bond donors (Lipinski definition) is 3. The summed E-state index contributed by atoms with van der Waals surface area (Å²) in [6, 6.07) is 1.99. The summed E-state index contributed by atoms with van der Waals surface area (Å²) in [5.74, 6) is -2.87. The smallest absolute Gasteiger partial charge is 0.338 e. The summed E-state index contributed by atoms with van der Waals surface area (Å²) in [6.45, 7) is -0.128. The minimum absolute atomic E-state index is 0.128. The first-order valence-electron chi connectivity index (χ1n) is 5.50. The van der Waals surface area contributed by atoms with E-state index in [9.17, 15) is 17.6 Å². The molecule has 0 spiro atoms. The minimum Gasteiger partial charge on any atom is -0.478 e. The van der Waals surface area contributed by atoms with E-state index in [1.165, 1.54) is 12.5 Å². The number of rotatable bonds is 5. The van der Waals surface area contributed by atoms with Crippen molar-refractivity contribution in [1.82, 2.24) is 14.7 Å². The maximum Gasteiger partial charge on any atom is 0.338 e. The van der Waals surface area contributed by atoms with Gasteiger partial charge in [-0.3, -0.25) is 0 Å². The topological polar surface area (TPSA) is 112 Å². The van der Waals surface area contributed by atoms with E-state index in [2.05, 4.69) is 30.6 Å². The Labute approximate surface area is 127 Å². The number of aromatic amines is 1. The lowest BCUT2D eigenvalue weighted by Gasteiger charge is -2.09. The van der Waals surface area contributed by atoms with Crippen molar-refractivity contribution in [2.45, 2.75) is 11.4 Å². The lowest BCUT2D eigenvalue weighted by molar-refractivity contribution is 0.0691. The first-order valence-corrected chi connectivity index (χ1v) is 7.78. The van der Waals surface area contributed by atoms with Crippen LogP contribution in [0, 0.1) is 5.82 Å². The van der Waals surface area contributed by atoms with Crippen LogP contribution < -0.4 is 4.72 Å². The third kappa shape index (κ3) is 3.46. The number of carboxylic acid groups (broad SMARTS) is 1. The van der Waals surface area contributed by atoms with Crippen LogP contribution in [0.2, 0.25) is 0 Å². The van der Waals surface area contributed by atoms with Crippen molar-refractivity contribution in [3.05, 3.63) is 46.2 Å². The van der Waals surface area contributed by atoms with Crippen molar-refractivity contribution in [1.29, 1.82) is 0 Å². The highest BCUT2D eigenvalue weighted by molar-refractivity contribution is 9.10. The van der Waals surface area contributed by atoms with Crippen LogP contribution in [0.4, 0.5) is 4.39 Å². The van der Waals surface area contributed by atoms with E-state index in [1.807, 2.05) is 0 Å². The predicted molar refractivity (Wildman–Crippen MR) is 73.7 cm³/mol. The van der Waals surface area contributed by atoms with Gasteiger partial charge in [0.2, 0.25) is 10.0 Å². The number of nitrogens with one attached hydrogen (secondary N) is 2. The van der Waals surface area contributed by atoms with Crippen LogP contribution in [-0.4, -0.2) is 29.5 Å². The van der Waals surface area contributed by atoms with Crippen LogP contribution in [0.15, 0.2) is 34.0 Å². The number of carboxylic acids is 1. The Kier molecular flexibility index (Phi) is 4.40. The van der Waals surface area contributed by atoms with Gasteiger partial charge < -0.3 is 10.1 Å². The molecule has 2 rings (SSSR count). The average molecular weight is 378 g/mol. The average Bonchev–Trinajstić information content (AvgIpc) is 2.91. The van der Waals surface area contributed by atoms with Gasteiger partial charge >= 0.3 is 5.97 Å². The van der Waals surface area contributed by atoms with Gasteiger partial charge in [0.15, 0.2) is 5.82 Å². The van der Waals surface area contributed by atoms with Crippen LogP contribution in [0.3, 0.4) is 0 Å². The zero-order valence-electron chi connectivity index (χ0n) is 10.3. The van der Waals surface area contributed by atoms with E-state index in [-0.39, 0.29) is 11.0 Å². The SMILES string of the molecule is O=C(O)c1cc(Br)cc(S(=O)(=O)NCc2cnc[nH]2)c1F. The molecule has 112 valence electrons. The highest BCUT2D eigenvalue weighted by Gasteiger charge is 2.24. The third-order valence-electron chi connectivity index (χ3n) is 2.53. The van der Waals surface area contributed by atoms with Gasteiger partial charge in [0.1, 0.15) is 4.90 Å². The fourth-order valence-corrected chi connectivity index (χ4v) is 3.29. The number of aromatic carboxylic acids is 1. The van der Waals surface area contributed by atoms with Crippen molar-refractivity contribution in [3.63, 3.8) is 0 Å². The van der Waals surface area contributed by atoms with Crippen LogP contribution in [-0.2, 0) is 16.6 Å². The standard InChI is InChI=1S/C11H9BrFN3O4S/c12-6-1-8(11(17)18)10(13)9(2-6)21(19,20)16-4-7-3-14-5-15-7/h1-3,5,16H,4H2,(H,14,15)(H,17,18). The molecule has 1 heterocycles. The van der Waals surface area contributed by atoms with E-state index in [0.717, 1.165) is 12.1 Å². The molecule has 0 fully saturated rings. The van der Waals surface area contributed by atoms with Crippen molar-refractivity contribution in [2.75, 3.05) is 0 Å². The molecule has 0 atom stereocenters. The molecular formula is C11H9BrFN3O4S. The molecule has 0 aliphatic heterocycles. The fraction of sp³-hybridized carbons (Fsp3) is 0.0909. The molecule has 1 aromatic heterocycles. The van der Waals surface area contributed by atoms with E-state index in [1.54, 1.807) is 0 Å². The molecule has 0 unspecified atom stereocenters. The Morgan fingerprint density at radius 1 is 1.48 bits per heavy atom. The van der Waals surface area contributed by atoms with Crippen molar-refractivity contribution in [3.8, 4) is 0 Å². The number of sulfonamides is 1. The highest BCUT2D eigenvalue weighted by atomic mass is 79.9. The summed E-state index contributed by atoms with van der Waals surface area (Å²) in [7, 11) is -4.21. The molecule has 0 aliphatic carbocycles. The molecule has 0 aliphatic rings. The molecule has 21 heavy (non-hydrogen) atoms. The summed E-state index contributed by atoms with van der Waals surface area (Å²) in [6.07, 6.45) is 2.77. The number of benzene rings is 1. The molecule has 1 aromatic carbocycles. The Morgan fingerprint density at radius 2 is 2.19 bits per heavy atom. The number of halogens is 2. The number of carbonyl (C=O) groups is 1. The summed E-state index contributed by atoms with van der Waals surface area (Å²) in [5, 5.41) is 8.87. The second kappa shape index (κ2) is 5.92. The number of hydrogen-bond acceptors (Lipinski definition) is 4. The van der Waals surface area contributed by atoms with Gasteiger partial charge in [0.25, 0.3) is 0 Å². The van der Waals surface area contributed by atoms with E-state index < -0.39 is 32.3 Å². The van der Waals surface area contributed by atoms with Gasteiger partial charge in [-0.2, -0.15) is 0 Å². The van der Waals surface area contributed by atoms with Gasteiger partial charge in [-0.05, 0) is 12.1 Å². The van der Waals surface area contributed by atoms with E-state index >= 15 is 0 Å². The summed E-state index contributed by atoms with van der Waals surface area (Å²) < 4.78 is 40.5. The number of imidazole rings is 1. The summed E-state index contributed by atoms with van der Waals surface area (Å²) in [5.41, 5.74) is -0.251. The van der Waals surface area contributed by atoms with Gasteiger partial charge in [0.05, 0.1) is 18.4 Å². The summed E-state index contributed by atoms with van der Waals surface area (Å²) in [4.78, 5) is 16.6. The minimum atomic E-state index is -4.21. The van der Waals surface area contributed by atoms with Gasteiger partial charge in [-0.25, -0.2) is 27.3 Å². The van der Waals surface area contributed by atoms with Crippen molar-refractivity contribution >= 4 is 31.9 Å². The van der Waals surface area contributed by atoms with Crippen molar-refractivity contribution < 1.29 is 22.7 Å². The van der Waals surface area contributed by atoms with Gasteiger partial charge in [-0.1, -0.05) is 15.9 Å². The molecule has 0 saturated carbocycles. The predicted octanol–water partition coefficient (Wildman–Crippen LogP) is 1.49. The van der Waals surface area contributed by atoms with Crippen LogP contribution in [0.5, 0.6) is 0 Å². The Bertz CT molecular complexity index is 777. The Hall–Kier alpha value is -1.78. The second-order valence-corrected chi connectivity index (χ2v) is 6.62. The zero-order valence-corrected chi connectivity index (χ0v) is 12.7. The lowest BCUT2D eigenvalue weighted by Crippen LogP contribution is -2.25. The molecule has 3 N–H and O–H groups in total. The summed E-state index contributed by atoms with van der Waals surface area (Å²) >= 11 is 2.96. The largest absolute Gasteiger partial charge is 0.478 e. The molecule has 0 saturated heterocycles. The fourth-order valence-electron chi connectivity index (χ4n) is 1.55. The first kappa shape index (κ1) is 15.6. The lowest BCUT2D eigenvalue weighted by atomic mass is 10.2. The molecule has 2 aromatic rings. The Balaban J connectivity index is 2.37. The molecular weight excluding hydrogens is 369 g/mol. The molecule has 0 bridgehead atoms. The second-order valence-electron chi connectivity index (χ2n) is 3.97. The van der Waals surface area contributed by atoms with Crippen LogP contribution >= 0.6 is 15.9 Å². The number of nitrogens with zero attached hydrogens (tertiary/aromatic N) is 1. The zero-order chi connectivity index (χ0) is 15.6. The van der Waals surface area contributed by atoms with Gasteiger partial charge in [0, 0.05) is 16.4 Å². The number of H-pyrrole nitrogens is 1. The number of aromatic nitrogens is 2. The molecule has 0 radical (unpaired) electrons. The highest BCUT2D eigenvalue weighted by Crippen LogP contribution is 2.24. The molecule has 0 amide bonds. The molecule has 7 nitrogen and oxygen atoms in total. The molecule has 10 heteroatoms. The van der Waals surface area contributed by atoms with Gasteiger partial charge in [-0.15, -0.1) is 0 Å². The Morgan fingerprint density at radius 3 is 2.76 bits per heavy atom. The normalized spacial score (nSPS) is 11.5.